The monoisotopic (exact) mass is 222 g/mol. The van der Waals surface area contributed by atoms with Gasteiger partial charge in [-0.2, -0.15) is 0 Å². The summed E-state index contributed by atoms with van der Waals surface area (Å²) < 4.78 is 0. The minimum absolute atomic E-state index is 0.0668. The standard InChI is InChI=1S/C9H10N4O3/c10-7(13-16)5-2-1-4(8(11)14)3-6(5)9(12)15/h1-3,16H,(H2,10,13)(H2,11,14)(H2,12,15). The maximum atomic E-state index is 11.1. The van der Waals surface area contributed by atoms with Gasteiger partial charge in [0, 0.05) is 11.1 Å². The van der Waals surface area contributed by atoms with Gasteiger partial charge in [0.05, 0.1) is 5.56 Å². The lowest BCUT2D eigenvalue weighted by Gasteiger charge is -2.08. The van der Waals surface area contributed by atoms with E-state index in [0.29, 0.717) is 0 Å². The van der Waals surface area contributed by atoms with Crippen LogP contribution in [-0.2, 0) is 0 Å². The van der Waals surface area contributed by atoms with Crippen LogP contribution < -0.4 is 16.9 Å². The lowest BCUT2D eigenvalue weighted by Crippen LogP contribution is -2.25. The summed E-state index contributed by atoms with van der Waals surface area (Å²) in [5.41, 5.74) is 11.8. The van der Waals surface area contributed by atoms with Crippen LogP contribution in [-0.4, -0.2) is 22.9 Å². The maximum absolute atomic E-state index is 11.1. The van der Waals surface area contributed by atoms with Crippen molar-refractivity contribution < 1.29 is 14.8 Å². The van der Waals surface area contributed by atoms with Crippen LogP contribution in [0.25, 0.3) is 0 Å². The zero-order valence-corrected chi connectivity index (χ0v) is 8.15. The Bertz CT molecular complexity index is 470. The van der Waals surface area contributed by atoms with Gasteiger partial charge in [-0.25, -0.2) is 0 Å². The number of hydrogen-bond donors (Lipinski definition) is 5. The predicted molar refractivity (Wildman–Crippen MR) is 55.2 cm³/mol. The minimum Gasteiger partial charge on any atom is -0.366 e. The van der Waals surface area contributed by atoms with Gasteiger partial charge in [0.1, 0.15) is 5.84 Å². The van der Waals surface area contributed by atoms with Crippen LogP contribution in [0.15, 0.2) is 18.2 Å². The quantitative estimate of drug-likeness (QED) is 0.259. The Morgan fingerprint density at radius 1 is 1.19 bits per heavy atom. The van der Waals surface area contributed by atoms with Crippen molar-refractivity contribution in [1.82, 2.24) is 5.48 Å². The van der Waals surface area contributed by atoms with Gasteiger partial charge < -0.3 is 11.5 Å². The summed E-state index contributed by atoms with van der Waals surface area (Å²) in [5.74, 6) is -1.93. The van der Waals surface area contributed by atoms with Gasteiger partial charge in [0.2, 0.25) is 11.8 Å². The molecule has 0 atom stereocenters. The molecule has 16 heavy (non-hydrogen) atoms. The summed E-state index contributed by atoms with van der Waals surface area (Å²) in [4.78, 5) is 22.0. The summed E-state index contributed by atoms with van der Waals surface area (Å²) in [7, 11) is 0. The van der Waals surface area contributed by atoms with Crippen molar-refractivity contribution in [3.8, 4) is 0 Å². The lowest BCUT2D eigenvalue weighted by atomic mass is 10.0. The van der Waals surface area contributed by atoms with E-state index in [1.165, 1.54) is 18.2 Å². The number of hydroxylamine groups is 1. The second-order valence-corrected chi connectivity index (χ2v) is 2.98. The Hall–Kier alpha value is -2.41. The van der Waals surface area contributed by atoms with Gasteiger partial charge in [0.25, 0.3) is 0 Å². The molecule has 0 bridgehead atoms. The van der Waals surface area contributed by atoms with Crippen LogP contribution in [0.4, 0.5) is 0 Å². The highest BCUT2D eigenvalue weighted by molar-refractivity contribution is 6.09. The summed E-state index contributed by atoms with van der Waals surface area (Å²) in [6, 6.07) is 3.80. The molecule has 0 aliphatic heterocycles. The highest BCUT2D eigenvalue weighted by atomic mass is 16.5. The first-order chi connectivity index (χ1) is 7.47. The first-order valence-electron chi connectivity index (χ1n) is 4.20. The first-order valence-corrected chi connectivity index (χ1v) is 4.20. The normalized spacial score (nSPS) is 9.56. The molecule has 0 radical (unpaired) electrons. The van der Waals surface area contributed by atoms with E-state index in [4.69, 9.17) is 22.1 Å². The largest absolute Gasteiger partial charge is 0.366 e. The summed E-state index contributed by atoms with van der Waals surface area (Å²) in [6.45, 7) is 0. The molecule has 84 valence electrons. The molecule has 0 spiro atoms. The number of benzene rings is 1. The highest BCUT2D eigenvalue weighted by Crippen LogP contribution is 2.11. The van der Waals surface area contributed by atoms with E-state index < -0.39 is 17.6 Å². The molecule has 7 heteroatoms. The molecule has 0 saturated heterocycles. The zero-order valence-electron chi connectivity index (χ0n) is 8.15. The summed E-state index contributed by atoms with van der Waals surface area (Å²) in [6.07, 6.45) is 0. The predicted octanol–water partition coefficient (Wildman–Crippen LogP) is -0.811. The number of amides is 2. The highest BCUT2D eigenvalue weighted by Gasteiger charge is 2.14. The third-order valence-electron chi connectivity index (χ3n) is 1.95. The Balaban J connectivity index is 3.36. The van der Waals surface area contributed by atoms with E-state index >= 15 is 0 Å². The molecule has 2 amide bonds. The van der Waals surface area contributed by atoms with E-state index in [1.54, 1.807) is 5.48 Å². The van der Waals surface area contributed by atoms with Gasteiger partial charge in [-0.05, 0) is 18.2 Å². The third-order valence-corrected chi connectivity index (χ3v) is 1.95. The molecule has 7 N–H and O–H groups in total. The second kappa shape index (κ2) is 4.41. The van der Waals surface area contributed by atoms with Crippen LogP contribution >= 0.6 is 0 Å². The SMILES string of the molecule is N=C(NO)c1ccc(C(N)=O)cc1C(N)=O. The Labute approximate surface area is 90.5 Å². The Kier molecular flexibility index (Phi) is 3.21. The van der Waals surface area contributed by atoms with Gasteiger partial charge >= 0.3 is 0 Å². The van der Waals surface area contributed by atoms with Crippen molar-refractivity contribution in [2.45, 2.75) is 0 Å². The maximum Gasteiger partial charge on any atom is 0.249 e. The molecule has 1 aromatic rings. The fourth-order valence-electron chi connectivity index (χ4n) is 1.18. The second-order valence-electron chi connectivity index (χ2n) is 2.98. The van der Waals surface area contributed by atoms with Crippen molar-refractivity contribution in [2.75, 3.05) is 0 Å². The van der Waals surface area contributed by atoms with E-state index in [1.807, 2.05) is 0 Å². The fraction of sp³-hybridized carbons (Fsp3) is 0. The molecular weight excluding hydrogens is 212 g/mol. The first kappa shape index (κ1) is 11.7. The van der Waals surface area contributed by atoms with Crippen LogP contribution in [0, 0.1) is 5.41 Å². The van der Waals surface area contributed by atoms with Gasteiger partial charge in [0.15, 0.2) is 0 Å². The molecule has 0 aliphatic rings. The number of nitrogens with two attached hydrogens (primary N) is 2. The summed E-state index contributed by atoms with van der Waals surface area (Å²) in [5, 5.41) is 15.9. The molecular formula is C9H10N4O3. The Morgan fingerprint density at radius 2 is 1.81 bits per heavy atom. The van der Waals surface area contributed by atoms with Crippen molar-refractivity contribution in [2.24, 2.45) is 11.5 Å². The van der Waals surface area contributed by atoms with E-state index in [0.717, 1.165) is 0 Å². The number of rotatable bonds is 3. The molecule has 0 saturated carbocycles. The van der Waals surface area contributed by atoms with Gasteiger partial charge in [-0.1, -0.05) is 0 Å². The molecule has 0 heterocycles. The number of primary amides is 2. The smallest absolute Gasteiger partial charge is 0.249 e. The van der Waals surface area contributed by atoms with Crippen molar-refractivity contribution in [3.63, 3.8) is 0 Å². The van der Waals surface area contributed by atoms with Crippen LogP contribution in [0.5, 0.6) is 0 Å². The fourth-order valence-corrected chi connectivity index (χ4v) is 1.18. The van der Waals surface area contributed by atoms with Gasteiger partial charge in [-0.15, -0.1) is 0 Å². The van der Waals surface area contributed by atoms with Crippen molar-refractivity contribution >= 4 is 17.6 Å². The summed E-state index contributed by atoms with van der Waals surface area (Å²) >= 11 is 0. The topological polar surface area (TPSA) is 142 Å². The molecule has 1 aromatic carbocycles. The van der Waals surface area contributed by atoms with E-state index in [2.05, 4.69) is 0 Å². The number of amidine groups is 1. The van der Waals surface area contributed by atoms with E-state index in [9.17, 15) is 9.59 Å². The molecule has 0 fully saturated rings. The third kappa shape index (κ3) is 2.15. The average Bonchev–Trinajstić information content (AvgIpc) is 2.26. The van der Waals surface area contributed by atoms with Crippen molar-refractivity contribution in [3.05, 3.63) is 34.9 Å². The van der Waals surface area contributed by atoms with Crippen LogP contribution in [0.1, 0.15) is 26.3 Å². The molecule has 1 rings (SSSR count). The van der Waals surface area contributed by atoms with Gasteiger partial charge in [-0.3, -0.25) is 25.7 Å². The van der Waals surface area contributed by atoms with Crippen LogP contribution in [0.3, 0.4) is 0 Å². The number of carbonyl (C=O) groups is 2. The number of carbonyl (C=O) groups excluding carboxylic acids is 2. The van der Waals surface area contributed by atoms with Crippen LogP contribution in [0.2, 0.25) is 0 Å². The Morgan fingerprint density at radius 3 is 2.25 bits per heavy atom. The molecule has 0 unspecified atom stereocenters. The molecule has 0 aromatic heterocycles. The number of hydrogen-bond acceptors (Lipinski definition) is 4. The number of nitrogens with one attached hydrogen (secondary N) is 2. The lowest BCUT2D eigenvalue weighted by molar-refractivity contribution is 0.0998. The van der Waals surface area contributed by atoms with Crippen molar-refractivity contribution in [1.29, 1.82) is 5.41 Å². The zero-order chi connectivity index (χ0) is 12.3. The molecule has 0 aliphatic carbocycles. The average molecular weight is 222 g/mol. The van der Waals surface area contributed by atoms with E-state index in [-0.39, 0.29) is 16.7 Å². The minimum atomic E-state index is -0.821. The molecule has 7 nitrogen and oxygen atoms in total.